The molecule has 0 spiro atoms. The zero-order valence-corrected chi connectivity index (χ0v) is 17.9. The van der Waals surface area contributed by atoms with Gasteiger partial charge in [0.25, 0.3) is 0 Å². The highest BCUT2D eigenvalue weighted by molar-refractivity contribution is 5.79. The fourth-order valence-electron chi connectivity index (χ4n) is 8.53. The minimum Gasteiger partial charge on any atom is -0.390 e. The highest BCUT2D eigenvalue weighted by atomic mass is 16.3. The Morgan fingerprint density at radius 1 is 1.22 bits per heavy atom. The van der Waals surface area contributed by atoms with Crippen LogP contribution in [0.2, 0.25) is 0 Å². The Bertz CT molecular complexity index is 690. The molecule has 4 nitrogen and oxygen atoms in total. The average molecular weight is 376 g/mol. The number of amides is 1. The summed E-state index contributed by atoms with van der Waals surface area (Å²) in [7, 11) is 1.90. The van der Waals surface area contributed by atoms with Crippen LogP contribution in [0, 0.1) is 34.5 Å². The van der Waals surface area contributed by atoms with Gasteiger partial charge in [0.1, 0.15) is 0 Å². The van der Waals surface area contributed by atoms with Gasteiger partial charge >= 0.3 is 0 Å². The molecule has 4 rings (SSSR count). The summed E-state index contributed by atoms with van der Waals surface area (Å²) in [5.74, 6) is 1.52. The largest absolute Gasteiger partial charge is 0.390 e. The zero-order chi connectivity index (χ0) is 20.0. The van der Waals surface area contributed by atoms with Crippen molar-refractivity contribution in [2.45, 2.75) is 84.3 Å². The first-order valence-corrected chi connectivity index (χ1v) is 10.7. The van der Waals surface area contributed by atoms with E-state index in [1.807, 2.05) is 32.7 Å². The second kappa shape index (κ2) is 5.60. The molecule has 4 aliphatic rings. The Kier molecular flexibility index (Phi) is 4.03. The lowest BCUT2D eigenvalue weighted by Gasteiger charge is -2.63. The Morgan fingerprint density at radius 2 is 1.89 bits per heavy atom. The molecule has 0 aromatic carbocycles. The molecule has 3 aliphatic carbocycles. The van der Waals surface area contributed by atoms with Crippen molar-refractivity contribution in [1.82, 2.24) is 4.90 Å². The average Bonchev–Trinajstić information content (AvgIpc) is 2.86. The predicted molar refractivity (Wildman–Crippen MR) is 106 cm³/mol. The molecule has 0 radical (unpaired) electrons. The van der Waals surface area contributed by atoms with Crippen LogP contribution in [0.15, 0.2) is 11.8 Å². The number of nitrogens with zero attached hydrogens (tertiary/aromatic N) is 1. The lowest BCUT2D eigenvalue weighted by atomic mass is 9.44. The first-order valence-electron chi connectivity index (χ1n) is 10.7. The maximum Gasteiger partial charge on any atom is 0.226 e. The monoisotopic (exact) mass is 375 g/mol. The molecule has 1 amide bonds. The van der Waals surface area contributed by atoms with Gasteiger partial charge in [-0.25, -0.2) is 0 Å². The van der Waals surface area contributed by atoms with Crippen LogP contribution < -0.4 is 0 Å². The zero-order valence-electron chi connectivity index (χ0n) is 17.9. The highest BCUT2D eigenvalue weighted by Gasteiger charge is 2.67. The normalized spacial score (nSPS) is 50.0. The third-order valence-corrected chi connectivity index (χ3v) is 9.06. The molecule has 3 fully saturated rings. The number of fused-ring (bicyclic) bond motifs is 5. The molecule has 1 saturated heterocycles. The Morgan fingerprint density at radius 3 is 2.52 bits per heavy atom. The van der Waals surface area contributed by atoms with E-state index in [1.165, 1.54) is 0 Å². The molecule has 1 heterocycles. The predicted octanol–water partition coefficient (Wildman–Crippen LogP) is 3.72. The van der Waals surface area contributed by atoms with Gasteiger partial charge in [-0.05, 0) is 76.0 Å². The van der Waals surface area contributed by atoms with Crippen LogP contribution in [-0.4, -0.2) is 39.3 Å². The molecule has 0 aromatic heterocycles. The van der Waals surface area contributed by atoms with Gasteiger partial charge < -0.3 is 15.1 Å². The number of aliphatic hydroxyl groups is 2. The molecule has 1 aliphatic heterocycles. The van der Waals surface area contributed by atoms with E-state index in [0.717, 1.165) is 37.8 Å². The van der Waals surface area contributed by atoms with Crippen molar-refractivity contribution in [3.8, 4) is 0 Å². The first-order chi connectivity index (χ1) is 12.3. The fourth-order valence-corrected chi connectivity index (χ4v) is 8.53. The fraction of sp³-hybridized carbons (Fsp3) is 0.870. The molecule has 152 valence electrons. The minimum atomic E-state index is -0.792. The molecular formula is C23H37NO3. The van der Waals surface area contributed by atoms with E-state index >= 15 is 0 Å². The lowest BCUT2D eigenvalue weighted by molar-refractivity contribution is -0.195. The van der Waals surface area contributed by atoms with Crippen LogP contribution in [0.25, 0.3) is 0 Å². The van der Waals surface area contributed by atoms with Gasteiger partial charge in [-0.2, -0.15) is 0 Å². The van der Waals surface area contributed by atoms with Crippen molar-refractivity contribution in [3.63, 3.8) is 0 Å². The van der Waals surface area contributed by atoms with Crippen molar-refractivity contribution in [2.75, 3.05) is 7.05 Å². The van der Waals surface area contributed by atoms with E-state index in [2.05, 4.69) is 19.9 Å². The number of piperidine rings is 1. The first kappa shape index (κ1) is 19.4. The van der Waals surface area contributed by atoms with E-state index in [1.54, 1.807) is 0 Å². The van der Waals surface area contributed by atoms with E-state index < -0.39 is 11.2 Å². The van der Waals surface area contributed by atoms with E-state index in [9.17, 15) is 15.0 Å². The van der Waals surface area contributed by atoms with Gasteiger partial charge in [-0.15, -0.1) is 0 Å². The van der Waals surface area contributed by atoms with Crippen molar-refractivity contribution < 1.29 is 15.0 Å². The molecule has 0 bridgehead atoms. The van der Waals surface area contributed by atoms with Gasteiger partial charge in [0.15, 0.2) is 0 Å². The number of rotatable bonds is 1. The summed E-state index contributed by atoms with van der Waals surface area (Å²) < 4.78 is 0. The maximum absolute atomic E-state index is 12.3. The second-order valence-corrected chi connectivity index (χ2v) is 11.3. The molecule has 3 unspecified atom stereocenters. The number of likely N-dealkylation sites (tertiary alicyclic amines) is 1. The molecule has 0 aromatic rings. The third kappa shape index (κ3) is 2.51. The molecule has 27 heavy (non-hydrogen) atoms. The van der Waals surface area contributed by atoms with Crippen LogP contribution in [-0.2, 0) is 4.79 Å². The van der Waals surface area contributed by atoms with Gasteiger partial charge in [-0.1, -0.05) is 19.9 Å². The van der Waals surface area contributed by atoms with E-state index in [4.69, 9.17) is 0 Å². The maximum atomic E-state index is 12.3. The Hall–Kier alpha value is -0.870. The summed E-state index contributed by atoms with van der Waals surface area (Å²) in [6.07, 6.45) is 7.53. The van der Waals surface area contributed by atoms with Crippen LogP contribution in [0.4, 0.5) is 0 Å². The summed E-state index contributed by atoms with van der Waals surface area (Å²) >= 11 is 0. The van der Waals surface area contributed by atoms with Gasteiger partial charge in [0, 0.05) is 30.5 Å². The number of carbonyl (C=O) groups excluding carboxylic acids is 1. The van der Waals surface area contributed by atoms with Crippen LogP contribution in [0.5, 0.6) is 0 Å². The summed E-state index contributed by atoms with van der Waals surface area (Å²) in [6, 6.07) is 0. The quantitative estimate of drug-likeness (QED) is 0.734. The Labute approximate surface area is 164 Å². The lowest BCUT2D eigenvalue weighted by Crippen LogP contribution is -2.63. The summed E-state index contributed by atoms with van der Waals surface area (Å²) in [4.78, 5) is 14.1. The van der Waals surface area contributed by atoms with Crippen LogP contribution >= 0.6 is 0 Å². The van der Waals surface area contributed by atoms with Crippen LogP contribution in [0.1, 0.15) is 73.1 Å². The molecular weight excluding hydrogens is 338 g/mol. The number of allylic oxidation sites excluding steroid dienone is 2. The van der Waals surface area contributed by atoms with Crippen molar-refractivity contribution >= 4 is 5.91 Å². The smallest absolute Gasteiger partial charge is 0.226 e. The van der Waals surface area contributed by atoms with Gasteiger partial charge in [0.05, 0.1) is 11.2 Å². The molecule has 2 saturated carbocycles. The van der Waals surface area contributed by atoms with Crippen molar-refractivity contribution in [1.29, 1.82) is 0 Å². The van der Waals surface area contributed by atoms with Gasteiger partial charge in [0.2, 0.25) is 5.91 Å². The van der Waals surface area contributed by atoms with Gasteiger partial charge in [-0.3, -0.25) is 4.79 Å². The molecule has 2 N–H and O–H groups in total. The third-order valence-electron chi connectivity index (χ3n) is 9.06. The summed E-state index contributed by atoms with van der Waals surface area (Å²) in [6.45, 7) is 10.5. The van der Waals surface area contributed by atoms with E-state index in [0.29, 0.717) is 18.3 Å². The SMILES string of the molecule is CN1C(=O)CC[C@@]2(C)C1=CCC1C2[C@@](C)(O)C[C@@]2(C)C1CC[C@@H]2C(C)(C)O. The highest BCUT2D eigenvalue weighted by Crippen LogP contribution is 2.69. The van der Waals surface area contributed by atoms with Crippen molar-refractivity contribution in [3.05, 3.63) is 11.8 Å². The topological polar surface area (TPSA) is 60.8 Å². The Balaban J connectivity index is 1.79. The summed E-state index contributed by atoms with van der Waals surface area (Å²) in [5.41, 5.74) is -0.576. The molecule has 4 heteroatoms. The molecule has 7 atom stereocenters. The number of carbonyl (C=O) groups is 1. The summed E-state index contributed by atoms with van der Waals surface area (Å²) in [5, 5.41) is 22.7. The standard InChI is InChI=1S/C23H37NO3/c1-20(2,26)16-9-8-15-14-7-10-17-21(3,12-11-18(25)24(17)6)19(14)23(5,27)13-22(15,16)4/h10,14-16,19,26-27H,7-9,11-13H2,1-6H3/t14?,15?,16-,19?,21+,22+,23+/m1/s1. The number of hydrogen-bond donors (Lipinski definition) is 2. The second-order valence-electron chi connectivity index (χ2n) is 11.3. The number of hydrogen-bond acceptors (Lipinski definition) is 3. The van der Waals surface area contributed by atoms with Crippen molar-refractivity contribution in [2.24, 2.45) is 34.5 Å². The minimum absolute atomic E-state index is 0.0407. The van der Waals surface area contributed by atoms with E-state index in [-0.39, 0.29) is 28.6 Å². The van der Waals surface area contributed by atoms with Crippen LogP contribution in [0.3, 0.4) is 0 Å².